The highest BCUT2D eigenvalue weighted by Gasteiger charge is 2.26. The van der Waals surface area contributed by atoms with Crippen LogP contribution in [0.15, 0.2) is 56.2 Å². The summed E-state index contributed by atoms with van der Waals surface area (Å²) in [5.74, 6) is 0.108. The number of unbranched alkanes of at least 4 members (excludes halogenated alkanes) is 1. The molecule has 5 aromatic rings. The van der Waals surface area contributed by atoms with E-state index in [-0.39, 0.29) is 29.5 Å². The summed E-state index contributed by atoms with van der Waals surface area (Å²) in [6.45, 7) is 6.28. The Hall–Kier alpha value is -4.20. The van der Waals surface area contributed by atoms with E-state index in [1.165, 1.54) is 0 Å². The van der Waals surface area contributed by atoms with E-state index in [1.54, 1.807) is 0 Å². The van der Waals surface area contributed by atoms with Crippen LogP contribution in [0.25, 0.3) is 33.6 Å². The van der Waals surface area contributed by atoms with Crippen LogP contribution in [0.2, 0.25) is 0 Å². The third-order valence-corrected chi connectivity index (χ3v) is 6.75. The third kappa shape index (κ3) is 4.55. The molecule has 0 aliphatic rings. The molecule has 0 fully saturated rings. The van der Waals surface area contributed by atoms with E-state index < -0.39 is 5.56 Å². The topological polar surface area (TPSA) is 118 Å². The van der Waals surface area contributed by atoms with Crippen LogP contribution >= 0.6 is 0 Å². The highest BCUT2D eigenvalue weighted by molar-refractivity contribution is 5.84. The second-order valence-electron chi connectivity index (χ2n) is 9.10. The summed E-state index contributed by atoms with van der Waals surface area (Å²) in [5.41, 5.74) is 5.38. The average molecular weight is 499 g/mol. The summed E-state index contributed by atoms with van der Waals surface area (Å²) in [5, 5.41) is 24.9. The van der Waals surface area contributed by atoms with Gasteiger partial charge in [-0.05, 0) is 54.5 Å². The lowest BCUT2D eigenvalue weighted by Crippen LogP contribution is -2.15. The summed E-state index contributed by atoms with van der Waals surface area (Å²) >= 11 is 0. The second-order valence-corrected chi connectivity index (χ2v) is 9.10. The predicted molar refractivity (Wildman–Crippen MR) is 142 cm³/mol. The van der Waals surface area contributed by atoms with Gasteiger partial charge in [0.1, 0.15) is 17.0 Å². The molecule has 0 aliphatic carbocycles. The maximum atomic E-state index is 13.2. The quantitative estimate of drug-likeness (QED) is 0.256. The summed E-state index contributed by atoms with van der Waals surface area (Å²) in [4.78, 5) is 16.3. The Balaban J connectivity index is 1.63. The van der Waals surface area contributed by atoms with Crippen molar-refractivity contribution in [1.29, 1.82) is 0 Å². The molecule has 2 aromatic carbocycles. The van der Waals surface area contributed by atoms with Crippen LogP contribution < -0.4 is 5.56 Å². The smallest absolute Gasteiger partial charge is 0.264 e. The Labute approximate surface area is 214 Å². The van der Waals surface area contributed by atoms with Crippen molar-refractivity contribution in [1.82, 2.24) is 20.3 Å². The standard InChI is InChI=1S/C29H30N4O4/c1-4-7-14-20-25(24-17(5-2)11-10-12-18(24)6-3)27(34)26(28(35)30-20)29-32-31-23(36-29)16-21-19-13-8-9-15-22(19)37-33-21/h8-13,15H,4-7,14,16H2,1-3H3,(H2,30,34,35). The number of hydrogen-bond acceptors (Lipinski definition) is 7. The number of aryl methyl sites for hydroxylation is 3. The van der Waals surface area contributed by atoms with Crippen molar-refractivity contribution >= 4 is 11.0 Å². The van der Waals surface area contributed by atoms with Gasteiger partial charge in [-0.2, -0.15) is 0 Å². The fraction of sp³-hybridized carbons (Fsp3) is 0.310. The van der Waals surface area contributed by atoms with Gasteiger partial charge in [0.05, 0.1) is 6.42 Å². The molecule has 8 nitrogen and oxygen atoms in total. The molecule has 0 atom stereocenters. The van der Waals surface area contributed by atoms with Gasteiger partial charge in [-0.1, -0.05) is 62.7 Å². The van der Waals surface area contributed by atoms with E-state index in [0.717, 1.165) is 53.5 Å². The van der Waals surface area contributed by atoms with Gasteiger partial charge in [-0.25, -0.2) is 0 Å². The lowest BCUT2D eigenvalue weighted by atomic mass is 9.88. The molecule has 190 valence electrons. The number of aromatic hydroxyl groups is 1. The molecule has 0 amide bonds. The van der Waals surface area contributed by atoms with Crippen molar-refractivity contribution in [3.63, 3.8) is 0 Å². The number of fused-ring (bicyclic) bond motifs is 1. The normalized spacial score (nSPS) is 11.4. The number of benzene rings is 2. The molecule has 2 N–H and O–H groups in total. The third-order valence-electron chi connectivity index (χ3n) is 6.75. The number of aromatic amines is 1. The minimum Gasteiger partial charge on any atom is -0.506 e. The first kappa shape index (κ1) is 24.5. The minimum absolute atomic E-state index is 0.0213. The molecule has 0 bridgehead atoms. The number of H-pyrrole nitrogens is 1. The number of aromatic nitrogens is 4. The highest BCUT2D eigenvalue weighted by Crippen LogP contribution is 2.41. The van der Waals surface area contributed by atoms with Crippen LogP contribution in [0.4, 0.5) is 0 Å². The van der Waals surface area contributed by atoms with E-state index in [2.05, 4.69) is 53.2 Å². The van der Waals surface area contributed by atoms with Gasteiger partial charge in [0.15, 0.2) is 5.58 Å². The summed E-state index contributed by atoms with van der Waals surface area (Å²) in [7, 11) is 0. The zero-order valence-corrected chi connectivity index (χ0v) is 21.3. The Morgan fingerprint density at radius 1 is 0.919 bits per heavy atom. The molecule has 3 heterocycles. The lowest BCUT2D eigenvalue weighted by Gasteiger charge is -2.19. The van der Waals surface area contributed by atoms with Crippen molar-refractivity contribution < 1.29 is 14.0 Å². The van der Waals surface area contributed by atoms with Crippen molar-refractivity contribution in [2.75, 3.05) is 0 Å². The molecule has 0 aliphatic heterocycles. The molecule has 0 spiro atoms. The van der Waals surface area contributed by atoms with Crippen LogP contribution in [0.3, 0.4) is 0 Å². The summed E-state index contributed by atoms with van der Waals surface area (Å²) < 4.78 is 11.3. The monoisotopic (exact) mass is 498 g/mol. The number of hydrogen-bond donors (Lipinski definition) is 2. The van der Waals surface area contributed by atoms with E-state index in [1.807, 2.05) is 30.3 Å². The maximum absolute atomic E-state index is 13.2. The fourth-order valence-electron chi connectivity index (χ4n) is 4.84. The molecule has 5 rings (SSSR count). The Bertz CT molecular complexity index is 1590. The minimum atomic E-state index is -0.457. The molecular formula is C29H30N4O4. The van der Waals surface area contributed by atoms with Gasteiger partial charge in [0.2, 0.25) is 5.89 Å². The largest absolute Gasteiger partial charge is 0.506 e. The van der Waals surface area contributed by atoms with E-state index >= 15 is 0 Å². The summed E-state index contributed by atoms with van der Waals surface area (Å²) in [6.07, 6.45) is 4.31. The average Bonchev–Trinajstić information content (AvgIpc) is 3.54. The van der Waals surface area contributed by atoms with E-state index in [9.17, 15) is 9.90 Å². The number of nitrogens with zero attached hydrogens (tertiary/aromatic N) is 3. The number of rotatable bonds is 9. The van der Waals surface area contributed by atoms with Crippen molar-refractivity contribution in [3.05, 3.63) is 81.2 Å². The van der Waals surface area contributed by atoms with Crippen molar-refractivity contribution in [2.24, 2.45) is 0 Å². The van der Waals surface area contributed by atoms with Gasteiger partial charge < -0.3 is 19.0 Å². The molecule has 8 heteroatoms. The van der Waals surface area contributed by atoms with Gasteiger partial charge in [-0.15, -0.1) is 10.2 Å². The molecule has 0 unspecified atom stereocenters. The molecule has 0 radical (unpaired) electrons. The molecular weight excluding hydrogens is 468 g/mol. The fourth-order valence-corrected chi connectivity index (χ4v) is 4.84. The zero-order valence-electron chi connectivity index (χ0n) is 21.3. The number of para-hydroxylation sites is 1. The molecule has 3 aromatic heterocycles. The lowest BCUT2D eigenvalue weighted by molar-refractivity contribution is 0.440. The Morgan fingerprint density at radius 2 is 1.68 bits per heavy atom. The van der Waals surface area contributed by atoms with Gasteiger partial charge >= 0.3 is 0 Å². The molecule has 0 saturated heterocycles. The predicted octanol–water partition coefficient (Wildman–Crippen LogP) is 6.00. The zero-order chi connectivity index (χ0) is 25.9. The first-order chi connectivity index (χ1) is 18.0. The van der Waals surface area contributed by atoms with Crippen molar-refractivity contribution in [2.45, 2.75) is 59.3 Å². The number of pyridine rings is 1. The van der Waals surface area contributed by atoms with Crippen LogP contribution in [0.5, 0.6) is 5.75 Å². The van der Waals surface area contributed by atoms with Crippen LogP contribution in [0, 0.1) is 0 Å². The number of nitrogens with one attached hydrogen (secondary N) is 1. The SMILES string of the molecule is CCCCc1[nH]c(=O)c(-c2nnc(Cc3noc4ccccc34)o2)c(O)c1-c1c(CC)cccc1CC. The van der Waals surface area contributed by atoms with Gasteiger partial charge in [-0.3, -0.25) is 4.79 Å². The maximum Gasteiger partial charge on any atom is 0.264 e. The van der Waals surface area contributed by atoms with E-state index in [4.69, 9.17) is 8.94 Å². The highest BCUT2D eigenvalue weighted by atomic mass is 16.5. The Kier molecular flexibility index (Phi) is 6.90. The van der Waals surface area contributed by atoms with Gasteiger partial charge in [0, 0.05) is 16.6 Å². The first-order valence-corrected chi connectivity index (χ1v) is 12.8. The van der Waals surface area contributed by atoms with E-state index in [0.29, 0.717) is 23.3 Å². The summed E-state index contributed by atoms with van der Waals surface area (Å²) in [6, 6.07) is 13.7. The second kappa shape index (κ2) is 10.4. The van der Waals surface area contributed by atoms with Crippen LogP contribution in [-0.4, -0.2) is 25.4 Å². The Morgan fingerprint density at radius 3 is 2.41 bits per heavy atom. The van der Waals surface area contributed by atoms with Crippen LogP contribution in [-0.2, 0) is 25.7 Å². The van der Waals surface area contributed by atoms with Gasteiger partial charge in [0.25, 0.3) is 11.4 Å². The first-order valence-electron chi connectivity index (χ1n) is 12.8. The molecule has 0 saturated carbocycles. The van der Waals surface area contributed by atoms with Crippen molar-refractivity contribution in [3.8, 4) is 28.3 Å². The van der Waals surface area contributed by atoms with Crippen LogP contribution in [0.1, 0.15) is 62.0 Å². The molecule has 37 heavy (non-hydrogen) atoms.